The SMILES string of the molecule is Cc1ccc(Br)c(C#CCCO)c1. The summed E-state index contributed by atoms with van der Waals surface area (Å²) >= 11 is 3.42. The first-order valence-corrected chi connectivity index (χ1v) is 4.89. The number of benzene rings is 1. The van der Waals surface area contributed by atoms with Gasteiger partial charge in [-0.3, -0.25) is 0 Å². The van der Waals surface area contributed by atoms with E-state index in [4.69, 9.17) is 5.11 Å². The molecule has 0 atom stereocenters. The maximum atomic E-state index is 8.55. The number of aliphatic hydroxyl groups is 1. The van der Waals surface area contributed by atoms with Gasteiger partial charge < -0.3 is 5.11 Å². The molecule has 1 rings (SSSR count). The molecule has 1 N–H and O–H groups in total. The fraction of sp³-hybridized carbons (Fsp3) is 0.273. The summed E-state index contributed by atoms with van der Waals surface area (Å²) in [6.07, 6.45) is 0.528. The minimum Gasteiger partial charge on any atom is -0.395 e. The molecule has 0 aliphatic heterocycles. The number of rotatable bonds is 1. The van der Waals surface area contributed by atoms with E-state index in [0.717, 1.165) is 10.0 Å². The molecule has 0 aromatic heterocycles. The lowest BCUT2D eigenvalue weighted by atomic mass is 10.1. The number of hydrogen-bond acceptors (Lipinski definition) is 1. The third-order valence-corrected chi connectivity index (χ3v) is 2.27. The lowest BCUT2D eigenvalue weighted by molar-refractivity contribution is 0.305. The molecular weight excluding hydrogens is 228 g/mol. The van der Waals surface area contributed by atoms with Crippen molar-refractivity contribution >= 4 is 15.9 Å². The van der Waals surface area contributed by atoms with Gasteiger partial charge in [-0.05, 0) is 40.5 Å². The van der Waals surface area contributed by atoms with Gasteiger partial charge in [-0.25, -0.2) is 0 Å². The Bertz CT molecular complexity index is 347. The van der Waals surface area contributed by atoms with Gasteiger partial charge in [0.05, 0.1) is 6.61 Å². The molecule has 0 aliphatic rings. The van der Waals surface area contributed by atoms with Gasteiger partial charge in [0.25, 0.3) is 0 Å². The van der Waals surface area contributed by atoms with Crippen LogP contribution in [0.1, 0.15) is 17.5 Å². The highest BCUT2D eigenvalue weighted by atomic mass is 79.9. The highest BCUT2D eigenvalue weighted by Crippen LogP contribution is 2.16. The van der Waals surface area contributed by atoms with Crippen molar-refractivity contribution in [2.45, 2.75) is 13.3 Å². The van der Waals surface area contributed by atoms with Gasteiger partial charge in [-0.15, -0.1) is 0 Å². The van der Waals surface area contributed by atoms with E-state index < -0.39 is 0 Å². The largest absolute Gasteiger partial charge is 0.395 e. The van der Waals surface area contributed by atoms with Crippen LogP contribution in [0.15, 0.2) is 22.7 Å². The predicted molar refractivity (Wildman–Crippen MR) is 57.5 cm³/mol. The summed E-state index contributed by atoms with van der Waals surface area (Å²) in [5.74, 6) is 5.89. The zero-order valence-electron chi connectivity index (χ0n) is 7.47. The molecule has 0 spiro atoms. The van der Waals surface area contributed by atoms with E-state index in [0.29, 0.717) is 6.42 Å². The van der Waals surface area contributed by atoms with Crippen molar-refractivity contribution in [2.75, 3.05) is 6.61 Å². The second kappa shape index (κ2) is 5.06. The first-order valence-electron chi connectivity index (χ1n) is 4.10. The zero-order chi connectivity index (χ0) is 9.68. The average Bonchev–Trinajstić information content (AvgIpc) is 2.11. The van der Waals surface area contributed by atoms with Crippen molar-refractivity contribution in [2.24, 2.45) is 0 Å². The smallest absolute Gasteiger partial charge is 0.0540 e. The maximum absolute atomic E-state index is 8.55. The minimum absolute atomic E-state index is 0.121. The van der Waals surface area contributed by atoms with Gasteiger partial charge in [-0.2, -0.15) is 0 Å². The summed E-state index contributed by atoms with van der Waals surface area (Å²) in [7, 11) is 0. The first kappa shape index (κ1) is 10.3. The van der Waals surface area contributed by atoms with Gasteiger partial charge in [0, 0.05) is 16.5 Å². The van der Waals surface area contributed by atoms with Gasteiger partial charge in [0.15, 0.2) is 0 Å². The van der Waals surface area contributed by atoms with Crippen LogP contribution in [0.25, 0.3) is 0 Å². The van der Waals surface area contributed by atoms with Crippen molar-refractivity contribution in [1.29, 1.82) is 0 Å². The molecule has 68 valence electrons. The predicted octanol–water partition coefficient (Wildman–Crippen LogP) is 2.49. The number of aliphatic hydroxyl groups excluding tert-OH is 1. The van der Waals surface area contributed by atoms with Crippen LogP contribution in [0.3, 0.4) is 0 Å². The Balaban J connectivity index is 2.89. The van der Waals surface area contributed by atoms with Crippen LogP contribution < -0.4 is 0 Å². The summed E-state index contributed by atoms with van der Waals surface area (Å²) in [6.45, 7) is 2.15. The quantitative estimate of drug-likeness (QED) is 0.746. The number of aryl methyl sites for hydroxylation is 1. The third kappa shape index (κ3) is 3.22. The summed E-state index contributed by atoms with van der Waals surface area (Å²) in [6, 6.07) is 6.04. The Morgan fingerprint density at radius 2 is 2.23 bits per heavy atom. The Kier molecular flexibility index (Phi) is 4.01. The maximum Gasteiger partial charge on any atom is 0.0540 e. The zero-order valence-corrected chi connectivity index (χ0v) is 9.06. The minimum atomic E-state index is 0.121. The second-order valence-corrected chi connectivity index (χ2v) is 3.61. The van der Waals surface area contributed by atoms with Gasteiger partial charge in [0.1, 0.15) is 0 Å². The second-order valence-electron chi connectivity index (χ2n) is 2.76. The topological polar surface area (TPSA) is 20.2 Å². The summed E-state index contributed by atoms with van der Waals surface area (Å²) in [4.78, 5) is 0. The highest BCUT2D eigenvalue weighted by Gasteiger charge is 1.94. The Hall–Kier alpha value is -0.780. The molecule has 2 heteroatoms. The molecule has 0 unspecified atom stereocenters. The molecule has 0 amide bonds. The fourth-order valence-electron chi connectivity index (χ4n) is 0.949. The molecule has 0 saturated carbocycles. The third-order valence-electron chi connectivity index (χ3n) is 1.58. The van der Waals surface area contributed by atoms with Crippen molar-refractivity contribution in [3.05, 3.63) is 33.8 Å². The highest BCUT2D eigenvalue weighted by molar-refractivity contribution is 9.10. The van der Waals surface area contributed by atoms with Crippen LogP contribution in [0.2, 0.25) is 0 Å². The summed E-state index contributed by atoms with van der Waals surface area (Å²) in [5.41, 5.74) is 2.17. The summed E-state index contributed by atoms with van der Waals surface area (Å²) in [5, 5.41) is 8.55. The van der Waals surface area contributed by atoms with Crippen LogP contribution in [0.5, 0.6) is 0 Å². The van der Waals surface area contributed by atoms with Crippen LogP contribution in [0.4, 0.5) is 0 Å². The van der Waals surface area contributed by atoms with E-state index in [2.05, 4.69) is 27.8 Å². The van der Waals surface area contributed by atoms with E-state index in [9.17, 15) is 0 Å². The van der Waals surface area contributed by atoms with Gasteiger partial charge >= 0.3 is 0 Å². The number of halogens is 1. The number of hydrogen-bond donors (Lipinski definition) is 1. The molecule has 0 aliphatic carbocycles. The lowest BCUT2D eigenvalue weighted by Crippen LogP contribution is -1.81. The average molecular weight is 239 g/mol. The Morgan fingerprint density at radius 1 is 1.46 bits per heavy atom. The van der Waals surface area contributed by atoms with Crippen LogP contribution in [-0.4, -0.2) is 11.7 Å². The molecule has 0 bridgehead atoms. The van der Waals surface area contributed by atoms with E-state index in [1.165, 1.54) is 5.56 Å². The van der Waals surface area contributed by atoms with Crippen molar-refractivity contribution in [3.63, 3.8) is 0 Å². The lowest BCUT2D eigenvalue weighted by Gasteiger charge is -1.97. The first-order chi connectivity index (χ1) is 6.24. The molecule has 0 fully saturated rings. The van der Waals surface area contributed by atoms with Gasteiger partial charge in [-0.1, -0.05) is 17.9 Å². The molecular formula is C11H11BrO. The monoisotopic (exact) mass is 238 g/mol. The van der Waals surface area contributed by atoms with Crippen molar-refractivity contribution < 1.29 is 5.11 Å². The molecule has 0 radical (unpaired) electrons. The molecule has 1 aromatic rings. The Labute approximate surface area is 86.9 Å². The normalized spacial score (nSPS) is 9.15. The van der Waals surface area contributed by atoms with Crippen LogP contribution in [0, 0.1) is 18.8 Å². The van der Waals surface area contributed by atoms with Crippen LogP contribution in [-0.2, 0) is 0 Å². The van der Waals surface area contributed by atoms with E-state index in [1.807, 2.05) is 25.1 Å². The van der Waals surface area contributed by atoms with Gasteiger partial charge in [0.2, 0.25) is 0 Å². The van der Waals surface area contributed by atoms with E-state index in [-0.39, 0.29) is 6.61 Å². The molecule has 1 nitrogen and oxygen atoms in total. The van der Waals surface area contributed by atoms with E-state index in [1.54, 1.807) is 0 Å². The Morgan fingerprint density at radius 3 is 2.92 bits per heavy atom. The van der Waals surface area contributed by atoms with Crippen molar-refractivity contribution in [3.8, 4) is 11.8 Å². The van der Waals surface area contributed by atoms with E-state index >= 15 is 0 Å². The van der Waals surface area contributed by atoms with Crippen molar-refractivity contribution in [1.82, 2.24) is 0 Å². The molecule has 1 aromatic carbocycles. The standard InChI is InChI=1S/C11H11BrO/c1-9-5-6-11(12)10(8-9)4-2-3-7-13/h5-6,8,13H,3,7H2,1H3. The fourth-order valence-corrected chi connectivity index (χ4v) is 1.29. The molecule has 13 heavy (non-hydrogen) atoms. The summed E-state index contributed by atoms with van der Waals surface area (Å²) < 4.78 is 1.00. The van der Waals surface area contributed by atoms with Crippen LogP contribution >= 0.6 is 15.9 Å². The molecule has 0 heterocycles. The molecule has 0 saturated heterocycles.